The maximum absolute atomic E-state index is 13.1. The zero-order chi connectivity index (χ0) is 18.5. The molecule has 2 aliphatic heterocycles. The fraction of sp³-hybridized carbons (Fsp3) is 0.417. The average Bonchev–Trinajstić information content (AvgIpc) is 2.74. The Bertz CT molecular complexity index is 746. The molecule has 4 rings (SSSR count). The van der Waals surface area contributed by atoms with E-state index in [1.165, 1.54) is 49.2 Å². The molecule has 0 aliphatic carbocycles. The minimum Gasteiger partial charge on any atom is -0.303 e. The van der Waals surface area contributed by atoms with E-state index in [1.54, 1.807) is 12.1 Å². The number of benzene rings is 2. The number of likely N-dealkylation sites (tertiary alicyclic amines) is 1. The summed E-state index contributed by atoms with van der Waals surface area (Å²) in [6, 6.07) is 18.5. The molecule has 2 aromatic carbocycles. The van der Waals surface area contributed by atoms with Crippen molar-refractivity contribution in [1.82, 2.24) is 9.80 Å². The minimum atomic E-state index is -0.157. The van der Waals surface area contributed by atoms with Crippen molar-refractivity contribution in [2.75, 3.05) is 32.7 Å². The third kappa shape index (κ3) is 4.85. The van der Waals surface area contributed by atoms with Gasteiger partial charge in [-0.1, -0.05) is 48.5 Å². The van der Waals surface area contributed by atoms with Crippen LogP contribution in [0.1, 0.15) is 30.4 Å². The van der Waals surface area contributed by atoms with Crippen LogP contribution in [0.3, 0.4) is 0 Å². The summed E-state index contributed by atoms with van der Waals surface area (Å²) in [5.41, 5.74) is 3.98. The second-order valence-corrected chi connectivity index (χ2v) is 7.79. The molecule has 27 heavy (non-hydrogen) atoms. The van der Waals surface area contributed by atoms with Crippen LogP contribution >= 0.6 is 0 Å². The van der Waals surface area contributed by atoms with Gasteiger partial charge >= 0.3 is 0 Å². The van der Waals surface area contributed by atoms with Gasteiger partial charge in [-0.25, -0.2) is 4.39 Å². The lowest BCUT2D eigenvalue weighted by atomic mass is 9.96. The van der Waals surface area contributed by atoms with Crippen LogP contribution in [0.4, 0.5) is 4.39 Å². The fourth-order valence-corrected chi connectivity index (χ4v) is 4.38. The van der Waals surface area contributed by atoms with Crippen molar-refractivity contribution in [2.24, 2.45) is 0 Å². The average molecular weight is 365 g/mol. The predicted molar refractivity (Wildman–Crippen MR) is 110 cm³/mol. The molecule has 1 saturated heterocycles. The molecular weight excluding hydrogens is 335 g/mol. The lowest BCUT2D eigenvalue weighted by Crippen LogP contribution is -2.46. The van der Waals surface area contributed by atoms with Gasteiger partial charge in [0.1, 0.15) is 5.82 Å². The maximum atomic E-state index is 13.1. The highest BCUT2D eigenvalue weighted by molar-refractivity contribution is 5.66. The van der Waals surface area contributed by atoms with Crippen LogP contribution in [0.2, 0.25) is 0 Å². The summed E-state index contributed by atoms with van der Waals surface area (Å²) in [6.07, 6.45) is 7.11. The van der Waals surface area contributed by atoms with Gasteiger partial charge in [-0.3, -0.25) is 4.90 Å². The first-order valence-electron chi connectivity index (χ1n) is 10.2. The molecule has 0 saturated carbocycles. The van der Waals surface area contributed by atoms with E-state index in [9.17, 15) is 4.39 Å². The molecule has 142 valence electrons. The van der Waals surface area contributed by atoms with Gasteiger partial charge in [-0.05, 0) is 67.6 Å². The Morgan fingerprint density at radius 3 is 2.30 bits per heavy atom. The van der Waals surface area contributed by atoms with Gasteiger partial charge in [-0.15, -0.1) is 0 Å². The first-order chi connectivity index (χ1) is 13.3. The molecule has 0 N–H and O–H groups in total. The zero-order valence-corrected chi connectivity index (χ0v) is 16.0. The summed E-state index contributed by atoms with van der Waals surface area (Å²) >= 11 is 0. The molecule has 2 heterocycles. The number of hydrogen-bond donors (Lipinski definition) is 0. The maximum Gasteiger partial charge on any atom is 0.123 e. The van der Waals surface area contributed by atoms with Crippen molar-refractivity contribution in [3.05, 3.63) is 77.6 Å². The third-order valence-corrected chi connectivity index (χ3v) is 6.09. The van der Waals surface area contributed by atoms with E-state index < -0.39 is 0 Å². The second-order valence-electron chi connectivity index (χ2n) is 7.79. The lowest BCUT2D eigenvalue weighted by molar-refractivity contribution is 0.117. The SMILES string of the molecule is Fc1ccc(C2=CCN(C3CCN(CCc4ccccc4)CC3)CC2)cc1. The van der Waals surface area contributed by atoms with E-state index in [-0.39, 0.29) is 5.82 Å². The molecule has 0 radical (unpaired) electrons. The smallest absolute Gasteiger partial charge is 0.123 e. The van der Waals surface area contributed by atoms with Crippen LogP contribution in [-0.4, -0.2) is 48.6 Å². The lowest BCUT2D eigenvalue weighted by Gasteiger charge is -2.40. The van der Waals surface area contributed by atoms with E-state index in [2.05, 4.69) is 46.2 Å². The van der Waals surface area contributed by atoms with Gasteiger partial charge in [0.05, 0.1) is 0 Å². The Balaban J connectivity index is 1.24. The zero-order valence-electron chi connectivity index (χ0n) is 16.0. The Kier molecular flexibility index (Phi) is 6.00. The van der Waals surface area contributed by atoms with Crippen molar-refractivity contribution in [2.45, 2.75) is 31.7 Å². The number of rotatable bonds is 5. The largest absolute Gasteiger partial charge is 0.303 e. The number of halogens is 1. The number of piperidine rings is 1. The fourth-order valence-electron chi connectivity index (χ4n) is 4.38. The normalized spacial score (nSPS) is 19.8. The van der Waals surface area contributed by atoms with Crippen LogP contribution < -0.4 is 0 Å². The van der Waals surface area contributed by atoms with Gasteiger partial charge in [0.15, 0.2) is 0 Å². The van der Waals surface area contributed by atoms with Gasteiger partial charge < -0.3 is 4.90 Å². The number of nitrogens with zero attached hydrogens (tertiary/aromatic N) is 2. The van der Waals surface area contributed by atoms with Crippen LogP contribution in [0.15, 0.2) is 60.7 Å². The molecule has 2 aromatic rings. The van der Waals surface area contributed by atoms with Crippen LogP contribution in [0.5, 0.6) is 0 Å². The second kappa shape index (κ2) is 8.81. The Labute approximate surface area is 162 Å². The van der Waals surface area contributed by atoms with E-state index in [0.29, 0.717) is 6.04 Å². The summed E-state index contributed by atoms with van der Waals surface area (Å²) in [5, 5.41) is 0. The van der Waals surface area contributed by atoms with Crippen LogP contribution in [0, 0.1) is 5.82 Å². The molecular formula is C24H29FN2. The summed E-state index contributed by atoms with van der Waals surface area (Å²) in [5.74, 6) is -0.157. The molecule has 0 bridgehead atoms. The van der Waals surface area contributed by atoms with E-state index in [0.717, 1.165) is 25.9 Å². The highest BCUT2D eigenvalue weighted by atomic mass is 19.1. The monoisotopic (exact) mass is 364 g/mol. The van der Waals surface area contributed by atoms with Gasteiger partial charge in [0, 0.05) is 25.7 Å². The van der Waals surface area contributed by atoms with Crippen LogP contribution in [-0.2, 0) is 6.42 Å². The van der Waals surface area contributed by atoms with Crippen molar-refractivity contribution in [1.29, 1.82) is 0 Å². The van der Waals surface area contributed by atoms with Gasteiger partial charge in [-0.2, -0.15) is 0 Å². The van der Waals surface area contributed by atoms with E-state index in [1.807, 2.05) is 12.1 Å². The first kappa shape index (κ1) is 18.4. The molecule has 2 nitrogen and oxygen atoms in total. The molecule has 0 atom stereocenters. The summed E-state index contributed by atoms with van der Waals surface area (Å²) < 4.78 is 13.1. The highest BCUT2D eigenvalue weighted by Gasteiger charge is 2.25. The molecule has 0 unspecified atom stereocenters. The van der Waals surface area contributed by atoms with Crippen molar-refractivity contribution >= 4 is 5.57 Å². The Hall–Kier alpha value is -1.97. The highest BCUT2D eigenvalue weighted by Crippen LogP contribution is 2.26. The third-order valence-electron chi connectivity index (χ3n) is 6.09. The molecule has 0 spiro atoms. The quantitative estimate of drug-likeness (QED) is 0.764. The first-order valence-corrected chi connectivity index (χ1v) is 10.2. The predicted octanol–water partition coefficient (Wildman–Crippen LogP) is 4.62. The molecule has 2 aliphatic rings. The van der Waals surface area contributed by atoms with Gasteiger partial charge in [0.2, 0.25) is 0 Å². The molecule has 1 fully saturated rings. The number of hydrogen-bond acceptors (Lipinski definition) is 2. The summed E-state index contributed by atoms with van der Waals surface area (Å²) in [7, 11) is 0. The molecule has 0 amide bonds. The molecule has 3 heteroatoms. The van der Waals surface area contributed by atoms with Crippen molar-refractivity contribution in [3.8, 4) is 0 Å². The van der Waals surface area contributed by atoms with Crippen molar-refractivity contribution < 1.29 is 4.39 Å². The Morgan fingerprint density at radius 1 is 0.889 bits per heavy atom. The van der Waals surface area contributed by atoms with E-state index >= 15 is 0 Å². The summed E-state index contributed by atoms with van der Waals surface area (Å²) in [6.45, 7) is 5.75. The molecule has 0 aromatic heterocycles. The van der Waals surface area contributed by atoms with Gasteiger partial charge in [0.25, 0.3) is 0 Å². The van der Waals surface area contributed by atoms with E-state index in [4.69, 9.17) is 0 Å². The standard InChI is InChI=1S/C24H29FN2/c25-23-8-6-21(7-9-23)22-11-18-27(19-12-22)24-13-16-26(17-14-24)15-10-20-4-2-1-3-5-20/h1-9,11,24H,10,12-19H2. The van der Waals surface area contributed by atoms with Crippen LogP contribution in [0.25, 0.3) is 5.57 Å². The Morgan fingerprint density at radius 2 is 1.63 bits per heavy atom. The summed E-state index contributed by atoms with van der Waals surface area (Å²) in [4.78, 5) is 5.26. The minimum absolute atomic E-state index is 0.157. The topological polar surface area (TPSA) is 6.48 Å². The van der Waals surface area contributed by atoms with Crippen molar-refractivity contribution in [3.63, 3.8) is 0 Å².